The summed E-state index contributed by atoms with van der Waals surface area (Å²) in [5.41, 5.74) is 19.2. The summed E-state index contributed by atoms with van der Waals surface area (Å²) in [5, 5.41) is 0. The van der Waals surface area contributed by atoms with Crippen LogP contribution >= 0.6 is 0 Å². The Bertz CT molecular complexity index is 1430. The van der Waals surface area contributed by atoms with Crippen molar-refractivity contribution in [2.24, 2.45) is 7.05 Å². The molecule has 0 bridgehead atoms. The predicted molar refractivity (Wildman–Crippen MR) is 126 cm³/mol. The lowest BCUT2D eigenvalue weighted by Gasteiger charge is -2.13. The van der Waals surface area contributed by atoms with E-state index in [1.165, 1.54) is 72.5 Å². The van der Waals surface area contributed by atoms with Crippen molar-refractivity contribution in [2.45, 2.75) is 40.5 Å². The van der Waals surface area contributed by atoms with E-state index in [0.29, 0.717) is 0 Å². The summed E-state index contributed by atoms with van der Waals surface area (Å²) in [4.78, 5) is 4.92. The standard InChI is InChI=1S/C29H27N2/c1-16-11-18(3)19(4)24(12-16)29-26-14-25-22(28(26)30-15-31(29)5)10-9-20-13-23-17(2)7-6-8-21(23)27(20)25/h6-12,15H,13-14H2,1-5H3/q+1. The van der Waals surface area contributed by atoms with Crippen molar-refractivity contribution >= 4 is 0 Å². The van der Waals surface area contributed by atoms with E-state index in [4.69, 9.17) is 4.98 Å². The van der Waals surface area contributed by atoms with Crippen molar-refractivity contribution in [2.75, 3.05) is 0 Å². The van der Waals surface area contributed by atoms with Crippen LogP contribution in [-0.4, -0.2) is 4.98 Å². The van der Waals surface area contributed by atoms with Crippen molar-refractivity contribution < 1.29 is 4.57 Å². The first-order valence-corrected chi connectivity index (χ1v) is 11.1. The van der Waals surface area contributed by atoms with Gasteiger partial charge in [0.2, 0.25) is 0 Å². The Hall–Kier alpha value is -3.26. The number of rotatable bonds is 1. The number of benzene rings is 3. The maximum atomic E-state index is 4.92. The van der Waals surface area contributed by atoms with E-state index in [2.05, 4.69) is 81.8 Å². The van der Waals surface area contributed by atoms with E-state index in [-0.39, 0.29) is 0 Å². The first kappa shape index (κ1) is 18.5. The number of hydrogen-bond acceptors (Lipinski definition) is 1. The number of fused-ring (bicyclic) bond motifs is 7. The third-order valence-corrected chi connectivity index (χ3v) is 7.41. The van der Waals surface area contributed by atoms with Gasteiger partial charge in [-0.05, 0) is 95.7 Å². The van der Waals surface area contributed by atoms with Gasteiger partial charge in [0.1, 0.15) is 5.69 Å². The Morgan fingerprint density at radius 1 is 0.774 bits per heavy atom. The van der Waals surface area contributed by atoms with Gasteiger partial charge in [-0.3, -0.25) is 0 Å². The fraction of sp³-hybridized carbons (Fsp3) is 0.241. The van der Waals surface area contributed by atoms with Gasteiger partial charge in [-0.1, -0.05) is 35.9 Å². The second-order valence-corrected chi connectivity index (χ2v) is 9.37. The molecule has 0 radical (unpaired) electrons. The fourth-order valence-corrected chi connectivity index (χ4v) is 5.77. The largest absolute Gasteiger partial charge is 0.287 e. The zero-order chi connectivity index (χ0) is 21.4. The van der Waals surface area contributed by atoms with E-state index < -0.39 is 0 Å². The van der Waals surface area contributed by atoms with Crippen LogP contribution in [0.15, 0.2) is 48.8 Å². The Morgan fingerprint density at radius 3 is 2.45 bits per heavy atom. The average molecular weight is 404 g/mol. The minimum atomic E-state index is 0.949. The maximum Gasteiger partial charge on any atom is 0.287 e. The number of aryl methyl sites for hydroxylation is 4. The molecule has 0 saturated heterocycles. The van der Waals surface area contributed by atoms with E-state index in [9.17, 15) is 0 Å². The monoisotopic (exact) mass is 403 g/mol. The fourth-order valence-electron chi connectivity index (χ4n) is 5.77. The molecule has 152 valence electrons. The molecule has 2 nitrogen and oxygen atoms in total. The van der Waals surface area contributed by atoms with Gasteiger partial charge in [-0.15, -0.1) is 0 Å². The molecule has 0 fully saturated rings. The molecule has 0 saturated carbocycles. The van der Waals surface area contributed by atoms with Gasteiger partial charge in [-0.25, -0.2) is 4.57 Å². The minimum Gasteiger partial charge on any atom is -0.232 e. The summed E-state index contributed by atoms with van der Waals surface area (Å²) in [6.07, 6.45) is 3.99. The predicted octanol–water partition coefficient (Wildman–Crippen LogP) is 5.95. The zero-order valence-corrected chi connectivity index (χ0v) is 18.9. The summed E-state index contributed by atoms with van der Waals surface area (Å²) in [6, 6.07) is 16.0. The van der Waals surface area contributed by atoms with Crippen molar-refractivity contribution in [1.82, 2.24) is 4.98 Å². The molecule has 6 rings (SSSR count). The Morgan fingerprint density at radius 2 is 1.61 bits per heavy atom. The highest BCUT2D eigenvalue weighted by molar-refractivity contribution is 5.90. The number of aromatic nitrogens is 2. The quantitative estimate of drug-likeness (QED) is 0.310. The molecule has 31 heavy (non-hydrogen) atoms. The molecule has 0 atom stereocenters. The maximum absolute atomic E-state index is 4.92. The Labute approximate surface area is 184 Å². The molecule has 2 heteroatoms. The summed E-state index contributed by atoms with van der Waals surface area (Å²) in [7, 11) is 2.13. The van der Waals surface area contributed by atoms with Crippen LogP contribution in [0.25, 0.3) is 33.6 Å². The summed E-state index contributed by atoms with van der Waals surface area (Å²) in [6.45, 7) is 8.89. The van der Waals surface area contributed by atoms with Gasteiger partial charge < -0.3 is 0 Å². The highest BCUT2D eigenvalue weighted by atomic mass is 15.0. The lowest BCUT2D eigenvalue weighted by atomic mass is 9.93. The molecule has 0 aliphatic heterocycles. The molecular weight excluding hydrogens is 376 g/mol. The first-order chi connectivity index (χ1) is 14.9. The second kappa shape index (κ2) is 6.37. The highest BCUT2D eigenvalue weighted by Gasteiger charge is 2.35. The van der Waals surface area contributed by atoms with Crippen LogP contribution < -0.4 is 4.57 Å². The smallest absolute Gasteiger partial charge is 0.232 e. The average Bonchev–Trinajstić information content (AvgIpc) is 3.30. The van der Waals surface area contributed by atoms with Crippen LogP contribution in [0, 0.1) is 27.7 Å². The van der Waals surface area contributed by atoms with Crippen molar-refractivity contribution in [3.8, 4) is 33.6 Å². The Balaban J connectivity index is 1.61. The van der Waals surface area contributed by atoms with E-state index in [0.717, 1.165) is 18.5 Å². The molecule has 0 amide bonds. The lowest BCUT2D eigenvalue weighted by Crippen LogP contribution is -2.33. The summed E-state index contributed by atoms with van der Waals surface area (Å²) < 4.78 is 2.21. The topological polar surface area (TPSA) is 16.8 Å². The van der Waals surface area contributed by atoms with E-state index >= 15 is 0 Å². The van der Waals surface area contributed by atoms with E-state index in [1.54, 1.807) is 0 Å². The molecule has 1 aromatic heterocycles. The molecule has 0 spiro atoms. The van der Waals surface area contributed by atoms with Crippen LogP contribution in [-0.2, 0) is 19.9 Å². The Kier molecular flexibility index (Phi) is 3.80. The summed E-state index contributed by atoms with van der Waals surface area (Å²) >= 11 is 0. The van der Waals surface area contributed by atoms with Crippen LogP contribution in [0.4, 0.5) is 0 Å². The molecule has 2 aliphatic rings. The van der Waals surface area contributed by atoms with Crippen molar-refractivity contribution in [3.63, 3.8) is 0 Å². The van der Waals surface area contributed by atoms with Gasteiger partial charge in [0, 0.05) is 17.5 Å². The molecule has 0 N–H and O–H groups in total. The SMILES string of the molecule is Cc1cc(C)c(C)c(-c2c3c(nc[n+]2C)-c2ccc4c(c2C3)-c2cccc(C)c2C4)c1. The van der Waals surface area contributed by atoms with Crippen LogP contribution in [0.3, 0.4) is 0 Å². The summed E-state index contributed by atoms with van der Waals surface area (Å²) in [5.74, 6) is 0. The number of nitrogens with zero attached hydrogens (tertiary/aromatic N) is 2. The van der Waals surface area contributed by atoms with Crippen LogP contribution in [0.2, 0.25) is 0 Å². The van der Waals surface area contributed by atoms with Gasteiger partial charge in [0.25, 0.3) is 6.33 Å². The highest BCUT2D eigenvalue weighted by Crippen LogP contribution is 2.48. The second-order valence-electron chi connectivity index (χ2n) is 9.37. The van der Waals surface area contributed by atoms with Gasteiger partial charge >= 0.3 is 0 Å². The molecular formula is C29H27N2+. The number of hydrogen-bond donors (Lipinski definition) is 0. The van der Waals surface area contributed by atoms with Gasteiger partial charge in [0.05, 0.1) is 12.6 Å². The van der Waals surface area contributed by atoms with E-state index in [1.807, 2.05) is 6.33 Å². The molecule has 2 aliphatic carbocycles. The normalized spacial score (nSPS) is 13.1. The lowest BCUT2D eigenvalue weighted by molar-refractivity contribution is -0.663. The van der Waals surface area contributed by atoms with Crippen LogP contribution in [0.5, 0.6) is 0 Å². The van der Waals surface area contributed by atoms with Crippen molar-refractivity contribution in [1.29, 1.82) is 0 Å². The first-order valence-electron chi connectivity index (χ1n) is 11.1. The zero-order valence-electron chi connectivity index (χ0n) is 18.9. The molecule has 1 heterocycles. The third-order valence-electron chi connectivity index (χ3n) is 7.41. The van der Waals surface area contributed by atoms with Gasteiger partial charge in [-0.2, -0.15) is 0 Å². The third kappa shape index (κ3) is 2.51. The minimum absolute atomic E-state index is 0.949. The molecule has 0 unspecified atom stereocenters. The molecule has 3 aromatic carbocycles. The van der Waals surface area contributed by atoms with Gasteiger partial charge in [0.15, 0.2) is 5.69 Å². The molecule has 4 aromatic rings. The van der Waals surface area contributed by atoms with Crippen molar-refractivity contribution in [3.05, 3.63) is 93.3 Å². The van der Waals surface area contributed by atoms with Crippen LogP contribution in [0.1, 0.15) is 44.5 Å².